The van der Waals surface area contributed by atoms with Crippen molar-refractivity contribution in [2.75, 3.05) is 6.61 Å². The first-order valence-corrected chi connectivity index (χ1v) is 7.69. The first kappa shape index (κ1) is 17.1. The molecule has 8 heteroatoms. The molecule has 2 aromatic rings. The Morgan fingerprint density at radius 2 is 2.04 bits per heavy atom. The van der Waals surface area contributed by atoms with Crippen molar-refractivity contribution >= 4 is 16.9 Å². The average Bonchev–Trinajstić information content (AvgIpc) is 2.94. The summed E-state index contributed by atoms with van der Waals surface area (Å²) >= 11 is 0. The van der Waals surface area contributed by atoms with Crippen molar-refractivity contribution in [2.45, 2.75) is 46.4 Å². The zero-order valence-electron chi connectivity index (χ0n) is 13.7. The maximum Gasteiger partial charge on any atom is 0.332 e. The van der Waals surface area contributed by atoms with Gasteiger partial charge in [-0.25, -0.2) is 9.78 Å². The van der Waals surface area contributed by atoms with Gasteiger partial charge in [0.05, 0.1) is 6.33 Å². The molecular weight excluding hydrogens is 300 g/mol. The summed E-state index contributed by atoms with van der Waals surface area (Å²) in [5.74, 6) is 0.107. The van der Waals surface area contributed by atoms with E-state index in [9.17, 15) is 14.4 Å². The molecule has 0 N–H and O–H groups in total. The van der Waals surface area contributed by atoms with Crippen LogP contribution >= 0.6 is 0 Å². The number of ketones is 1. The standard InChI is InChI=1S/C15H22N4O4/c1-4-23-10-18-9-16-13-12(18)14(21)19(15(22)17(13)3)8-6-5-7-11(2)20/h9H,4-8,10H2,1-3H3. The van der Waals surface area contributed by atoms with E-state index in [-0.39, 0.29) is 24.6 Å². The van der Waals surface area contributed by atoms with Crippen molar-refractivity contribution in [1.82, 2.24) is 18.7 Å². The highest BCUT2D eigenvalue weighted by atomic mass is 16.5. The number of carbonyl (C=O) groups is 1. The van der Waals surface area contributed by atoms with E-state index in [4.69, 9.17) is 4.74 Å². The Kier molecular flexibility index (Phi) is 5.49. The lowest BCUT2D eigenvalue weighted by Gasteiger charge is -2.09. The number of unbranched alkanes of at least 4 members (excludes halogenated alkanes) is 1. The predicted octanol–water partition coefficient (Wildman–Crippen LogP) is 0.650. The van der Waals surface area contributed by atoms with Gasteiger partial charge in [0.2, 0.25) is 0 Å². The van der Waals surface area contributed by atoms with Gasteiger partial charge in [0.25, 0.3) is 5.56 Å². The lowest BCUT2D eigenvalue weighted by Crippen LogP contribution is -2.39. The molecule has 0 atom stereocenters. The Labute approximate surface area is 133 Å². The molecule has 0 saturated heterocycles. The fourth-order valence-corrected chi connectivity index (χ4v) is 2.45. The van der Waals surface area contributed by atoms with Gasteiger partial charge in [-0.2, -0.15) is 0 Å². The van der Waals surface area contributed by atoms with Crippen LogP contribution in [0.4, 0.5) is 0 Å². The molecule has 0 saturated carbocycles. The minimum Gasteiger partial charge on any atom is -0.361 e. The summed E-state index contributed by atoms with van der Waals surface area (Å²) in [5, 5.41) is 0. The molecule has 0 radical (unpaired) electrons. The third-order valence-electron chi connectivity index (χ3n) is 3.70. The minimum absolute atomic E-state index is 0.107. The van der Waals surface area contributed by atoms with Crippen molar-refractivity contribution in [3.8, 4) is 0 Å². The first-order chi connectivity index (χ1) is 11.0. The third kappa shape index (κ3) is 3.58. The Bertz CT molecular complexity index is 815. The largest absolute Gasteiger partial charge is 0.361 e. The SMILES string of the molecule is CCOCn1cnc2c1c(=O)n(CCCCC(C)=O)c(=O)n2C. The summed E-state index contributed by atoms with van der Waals surface area (Å²) in [6.45, 7) is 4.41. The van der Waals surface area contributed by atoms with Crippen molar-refractivity contribution in [1.29, 1.82) is 0 Å². The summed E-state index contributed by atoms with van der Waals surface area (Å²) in [6.07, 6.45) is 3.21. The Morgan fingerprint density at radius 3 is 2.70 bits per heavy atom. The third-order valence-corrected chi connectivity index (χ3v) is 3.70. The first-order valence-electron chi connectivity index (χ1n) is 7.69. The van der Waals surface area contributed by atoms with Gasteiger partial charge < -0.3 is 14.1 Å². The Morgan fingerprint density at radius 1 is 1.30 bits per heavy atom. The number of ether oxygens (including phenoxy) is 1. The van der Waals surface area contributed by atoms with Gasteiger partial charge >= 0.3 is 5.69 Å². The summed E-state index contributed by atoms with van der Waals surface area (Å²) in [4.78, 5) is 40.1. The van der Waals surface area contributed by atoms with Crippen LogP contribution in [0, 0.1) is 0 Å². The molecule has 0 aromatic carbocycles. The van der Waals surface area contributed by atoms with Crippen LogP contribution in [-0.4, -0.2) is 31.1 Å². The highest BCUT2D eigenvalue weighted by molar-refractivity contribution is 5.75. The molecule has 0 amide bonds. The van der Waals surface area contributed by atoms with Crippen LogP contribution in [-0.2, 0) is 29.9 Å². The van der Waals surface area contributed by atoms with Gasteiger partial charge in [-0.1, -0.05) is 0 Å². The van der Waals surface area contributed by atoms with Crippen LogP contribution in [0.2, 0.25) is 0 Å². The van der Waals surface area contributed by atoms with E-state index < -0.39 is 5.69 Å². The van der Waals surface area contributed by atoms with Crippen LogP contribution in [0.3, 0.4) is 0 Å². The minimum atomic E-state index is -0.396. The van der Waals surface area contributed by atoms with Crippen molar-refractivity contribution in [3.63, 3.8) is 0 Å². The van der Waals surface area contributed by atoms with Crippen LogP contribution in [0.1, 0.15) is 33.1 Å². The fourth-order valence-electron chi connectivity index (χ4n) is 2.45. The molecule has 2 heterocycles. The smallest absolute Gasteiger partial charge is 0.332 e. The number of aryl methyl sites for hydroxylation is 1. The van der Waals surface area contributed by atoms with E-state index in [2.05, 4.69) is 4.98 Å². The molecular formula is C15H22N4O4. The number of imidazole rings is 1. The van der Waals surface area contributed by atoms with Crippen molar-refractivity contribution < 1.29 is 9.53 Å². The number of Topliss-reactive ketones (excluding diaryl/α,β-unsaturated/α-hetero) is 1. The van der Waals surface area contributed by atoms with Crippen LogP contribution < -0.4 is 11.2 Å². The number of hydrogen-bond donors (Lipinski definition) is 0. The number of aromatic nitrogens is 4. The quantitative estimate of drug-likeness (QED) is 0.666. The molecule has 2 rings (SSSR count). The average molecular weight is 322 g/mol. The number of nitrogens with zero attached hydrogens (tertiary/aromatic N) is 4. The van der Waals surface area contributed by atoms with Gasteiger partial charge in [0.15, 0.2) is 11.2 Å². The van der Waals surface area contributed by atoms with Crippen LogP contribution in [0.15, 0.2) is 15.9 Å². The van der Waals surface area contributed by atoms with Gasteiger partial charge in [-0.15, -0.1) is 0 Å². The normalized spacial score (nSPS) is 11.3. The topological polar surface area (TPSA) is 88.1 Å². The highest BCUT2D eigenvalue weighted by Crippen LogP contribution is 2.06. The zero-order chi connectivity index (χ0) is 17.0. The molecule has 0 bridgehead atoms. The van der Waals surface area contributed by atoms with E-state index in [0.29, 0.717) is 37.0 Å². The maximum absolute atomic E-state index is 12.6. The predicted molar refractivity (Wildman–Crippen MR) is 85.4 cm³/mol. The Balaban J connectivity index is 2.38. The zero-order valence-corrected chi connectivity index (χ0v) is 13.7. The molecule has 0 unspecified atom stereocenters. The molecule has 0 aliphatic rings. The van der Waals surface area contributed by atoms with E-state index in [1.54, 1.807) is 11.6 Å². The molecule has 0 spiro atoms. The molecule has 23 heavy (non-hydrogen) atoms. The van der Waals surface area contributed by atoms with Crippen LogP contribution in [0.5, 0.6) is 0 Å². The number of fused-ring (bicyclic) bond motifs is 1. The second-order valence-corrected chi connectivity index (χ2v) is 5.47. The molecule has 0 aliphatic heterocycles. The second kappa shape index (κ2) is 7.36. The van der Waals surface area contributed by atoms with E-state index in [0.717, 1.165) is 0 Å². The molecule has 0 aliphatic carbocycles. The van der Waals surface area contributed by atoms with Crippen molar-refractivity contribution in [3.05, 3.63) is 27.2 Å². The molecule has 126 valence electrons. The molecule has 0 fully saturated rings. The molecule has 8 nitrogen and oxygen atoms in total. The fraction of sp³-hybridized carbons (Fsp3) is 0.600. The summed E-state index contributed by atoms with van der Waals surface area (Å²) < 4.78 is 9.50. The van der Waals surface area contributed by atoms with Gasteiger partial charge in [-0.3, -0.25) is 13.9 Å². The van der Waals surface area contributed by atoms with Crippen LogP contribution in [0.25, 0.3) is 11.2 Å². The van der Waals surface area contributed by atoms with E-state index in [1.807, 2.05) is 6.92 Å². The van der Waals surface area contributed by atoms with E-state index in [1.165, 1.54) is 22.4 Å². The highest BCUT2D eigenvalue weighted by Gasteiger charge is 2.15. The molecule has 2 aromatic heterocycles. The van der Waals surface area contributed by atoms with Gasteiger partial charge in [-0.05, 0) is 26.7 Å². The second-order valence-electron chi connectivity index (χ2n) is 5.47. The lowest BCUT2D eigenvalue weighted by atomic mass is 10.2. The monoisotopic (exact) mass is 322 g/mol. The van der Waals surface area contributed by atoms with Crippen molar-refractivity contribution in [2.24, 2.45) is 7.05 Å². The number of rotatable bonds is 8. The number of carbonyl (C=O) groups excluding carboxylic acids is 1. The number of hydrogen-bond acceptors (Lipinski definition) is 5. The van der Waals surface area contributed by atoms with E-state index >= 15 is 0 Å². The summed E-state index contributed by atoms with van der Waals surface area (Å²) in [5.41, 5.74) is -0.0677. The maximum atomic E-state index is 12.6. The lowest BCUT2D eigenvalue weighted by molar-refractivity contribution is -0.117. The summed E-state index contributed by atoms with van der Waals surface area (Å²) in [6, 6.07) is 0. The van der Waals surface area contributed by atoms with Gasteiger partial charge in [0.1, 0.15) is 12.5 Å². The summed E-state index contributed by atoms with van der Waals surface area (Å²) in [7, 11) is 1.59. The van der Waals surface area contributed by atoms with Gasteiger partial charge in [0, 0.05) is 26.6 Å². The Hall–Kier alpha value is -2.22.